The van der Waals surface area contributed by atoms with Gasteiger partial charge in [-0.25, -0.2) is 0 Å². The molecule has 0 radical (unpaired) electrons. The van der Waals surface area contributed by atoms with Gasteiger partial charge in [-0.05, 0) is 13.3 Å². The van der Waals surface area contributed by atoms with Crippen molar-refractivity contribution in [3.8, 4) is 0 Å². The van der Waals surface area contributed by atoms with E-state index < -0.39 is 4.92 Å². The average Bonchev–Trinajstić information content (AvgIpc) is 2.34. The Morgan fingerprint density at radius 3 is 2.74 bits per heavy atom. The first-order chi connectivity index (χ1) is 8.99. The Kier molecular flexibility index (Phi) is 5.24. The minimum Gasteiger partial charge on any atom is -0.395 e. The average molecular weight is 270 g/mol. The van der Waals surface area contributed by atoms with Crippen molar-refractivity contribution in [3.63, 3.8) is 0 Å². The molecule has 0 fully saturated rings. The van der Waals surface area contributed by atoms with Gasteiger partial charge in [0.15, 0.2) is 0 Å². The van der Waals surface area contributed by atoms with Gasteiger partial charge in [0.1, 0.15) is 0 Å². The van der Waals surface area contributed by atoms with Gasteiger partial charge in [0.05, 0.1) is 11.5 Å². The van der Waals surface area contributed by atoms with Crippen LogP contribution in [0.2, 0.25) is 0 Å². The van der Waals surface area contributed by atoms with Crippen LogP contribution in [0.15, 0.2) is 0 Å². The molecule has 0 aromatic carbocycles. The molecular formula is C10H18N6O3. The van der Waals surface area contributed by atoms with Gasteiger partial charge in [0.25, 0.3) is 0 Å². The first-order valence-corrected chi connectivity index (χ1v) is 5.92. The molecule has 1 heterocycles. The highest BCUT2D eigenvalue weighted by Gasteiger charge is 2.23. The number of aliphatic hydroxyl groups excluding tert-OH is 1. The third kappa shape index (κ3) is 3.91. The second-order valence-corrected chi connectivity index (χ2v) is 3.99. The molecule has 0 bridgehead atoms. The molecule has 106 valence electrons. The van der Waals surface area contributed by atoms with E-state index in [1.807, 2.05) is 13.8 Å². The maximum absolute atomic E-state index is 10.9. The SMILES string of the molecule is CC[C@H](C)Nc1nc(N)c([N+](=O)[O-])c(NCCO)n1. The van der Waals surface area contributed by atoms with Crippen LogP contribution in [0.25, 0.3) is 0 Å². The zero-order valence-electron chi connectivity index (χ0n) is 10.9. The number of nitrogen functional groups attached to an aromatic ring is 1. The molecule has 0 aliphatic carbocycles. The molecule has 0 amide bonds. The van der Waals surface area contributed by atoms with Crippen LogP contribution in [-0.4, -0.2) is 39.2 Å². The van der Waals surface area contributed by atoms with Crippen LogP contribution in [0.4, 0.5) is 23.3 Å². The molecule has 9 nitrogen and oxygen atoms in total. The molecule has 9 heteroatoms. The third-order valence-corrected chi connectivity index (χ3v) is 2.49. The number of aliphatic hydroxyl groups is 1. The molecule has 1 aromatic heterocycles. The maximum Gasteiger partial charge on any atom is 0.353 e. The summed E-state index contributed by atoms with van der Waals surface area (Å²) in [5.74, 6) is 0.00138. The number of anilines is 3. The summed E-state index contributed by atoms with van der Waals surface area (Å²) in [6.45, 7) is 3.88. The highest BCUT2D eigenvalue weighted by atomic mass is 16.6. The smallest absolute Gasteiger partial charge is 0.353 e. The lowest BCUT2D eigenvalue weighted by molar-refractivity contribution is -0.383. The normalized spacial score (nSPS) is 11.9. The van der Waals surface area contributed by atoms with Crippen molar-refractivity contribution in [1.29, 1.82) is 0 Å². The van der Waals surface area contributed by atoms with Crippen LogP contribution in [0, 0.1) is 10.1 Å². The Labute approximate surface area is 110 Å². The summed E-state index contributed by atoms with van der Waals surface area (Å²) in [6.07, 6.45) is 0.847. The van der Waals surface area contributed by atoms with E-state index in [1.54, 1.807) is 0 Å². The molecular weight excluding hydrogens is 252 g/mol. The topological polar surface area (TPSA) is 139 Å². The molecule has 0 unspecified atom stereocenters. The highest BCUT2D eigenvalue weighted by Crippen LogP contribution is 2.28. The number of nitro groups is 1. The quantitative estimate of drug-likeness (QED) is 0.416. The Bertz CT molecular complexity index is 453. The predicted octanol–water partition coefficient (Wildman–Crippen LogP) is 0.582. The Balaban J connectivity index is 3.10. The van der Waals surface area contributed by atoms with Crippen LogP contribution in [-0.2, 0) is 0 Å². The van der Waals surface area contributed by atoms with Gasteiger partial charge in [0.2, 0.25) is 17.6 Å². The molecule has 0 saturated heterocycles. The largest absolute Gasteiger partial charge is 0.395 e. The van der Waals surface area contributed by atoms with Gasteiger partial charge < -0.3 is 21.5 Å². The lowest BCUT2D eigenvalue weighted by atomic mass is 10.3. The first-order valence-electron chi connectivity index (χ1n) is 5.92. The van der Waals surface area contributed by atoms with Gasteiger partial charge in [0, 0.05) is 12.6 Å². The second-order valence-electron chi connectivity index (χ2n) is 3.99. The molecule has 5 N–H and O–H groups in total. The minimum absolute atomic E-state index is 0.00245. The summed E-state index contributed by atoms with van der Waals surface area (Å²) in [6, 6.07) is 0.117. The van der Waals surface area contributed by atoms with E-state index in [9.17, 15) is 10.1 Å². The summed E-state index contributed by atoms with van der Waals surface area (Å²) in [5, 5.41) is 25.3. The summed E-state index contributed by atoms with van der Waals surface area (Å²) in [5.41, 5.74) is 5.19. The van der Waals surface area contributed by atoms with Crippen LogP contribution >= 0.6 is 0 Å². The van der Waals surface area contributed by atoms with Crippen molar-refractivity contribution in [3.05, 3.63) is 10.1 Å². The number of hydrogen-bond acceptors (Lipinski definition) is 8. The van der Waals surface area contributed by atoms with Gasteiger partial charge in [-0.2, -0.15) is 9.97 Å². The number of nitrogens with two attached hydrogens (primary N) is 1. The van der Waals surface area contributed by atoms with E-state index in [1.165, 1.54) is 0 Å². The van der Waals surface area contributed by atoms with Crippen molar-refractivity contribution < 1.29 is 10.0 Å². The van der Waals surface area contributed by atoms with Crippen molar-refractivity contribution >= 4 is 23.3 Å². The van der Waals surface area contributed by atoms with E-state index in [0.717, 1.165) is 6.42 Å². The van der Waals surface area contributed by atoms with Gasteiger partial charge in [-0.15, -0.1) is 0 Å². The van der Waals surface area contributed by atoms with Crippen LogP contribution in [0.3, 0.4) is 0 Å². The van der Waals surface area contributed by atoms with E-state index in [-0.39, 0.29) is 42.5 Å². The minimum atomic E-state index is -0.651. The number of rotatable bonds is 7. The fraction of sp³-hybridized carbons (Fsp3) is 0.600. The zero-order chi connectivity index (χ0) is 14.4. The fourth-order valence-electron chi connectivity index (χ4n) is 1.34. The maximum atomic E-state index is 10.9. The molecule has 0 saturated carbocycles. The van der Waals surface area contributed by atoms with Crippen molar-refractivity contribution in [1.82, 2.24) is 9.97 Å². The van der Waals surface area contributed by atoms with Gasteiger partial charge in [-0.3, -0.25) is 10.1 Å². The third-order valence-electron chi connectivity index (χ3n) is 2.49. The molecule has 0 aliphatic rings. The van der Waals surface area contributed by atoms with E-state index in [2.05, 4.69) is 20.6 Å². The van der Waals surface area contributed by atoms with Crippen LogP contribution in [0.5, 0.6) is 0 Å². The summed E-state index contributed by atoms with van der Waals surface area (Å²) in [4.78, 5) is 18.1. The van der Waals surface area contributed by atoms with E-state index >= 15 is 0 Å². The standard InChI is InChI=1S/C10H18N6O3/c1-3-6(2)13-10-14-8(11)7(16(18)19)9(15-10)12-4-5-17/h6,17H,3-5H2,1-2H3,(H4,11,12,13,14,15)/t6-/m0/s1. The number of aromatic nitrogens is 2. The number of nitrogens with one attached hydrogen (secondary N) is 2. The lowest BCUT2D eigenvalue weighted by Gasteiger charge is -2.13. The second kappa shape index (κ2) is 6.69. The molecule has 0 aliphatic heterocycles. The summed E-state index contributed by atoms with van der Waals surface area (Å²) < 4.78 is 0. The van der Waals surface area contributed by atoms with E-state index in [4.69, 9.17) is 10.8 Å². The number of hydrogen-bond donors (Lipinski definition) is 4. The molecule has 1 rings (SSSR count). The van der Waals surface area contributed by atoms with Crippen molar-refractivity contribution in [2.24, 2.45) is 0 Å². The predicted molar refractivity (Wildman–Crippen MR) is 72.1 cm³/mol. The zero-order valence-corrected chi connectivity index (χ0v) is 10.9. The molecule has 1 aromatic rings. The fourth-order valence-corrected chi connectivity index (χ4v) is 1.34. The highest BCUT2D eigenvalue weighted by molar-refractivity contribution is 5.69. The first kappa shape index (κ1) is 14.9. The number of nitrogens with zero attached hydrogens (tertiary/aromatic N) is 3. The lowest BCUT2D eigenvalue weighted by Crippen LogP contribution is -2.18. The van der Waals surface area contributed by atoms with Crippen LogP contribution < -0.4 is 16.4 Å². The molecule has 19 heavy (non-hydrogen) atoms. The Morgan fingerprint density at radius 2 is 2.21 bits per heavy atom. The van der Waals surface area contributed by atoms with Gasteiger partial charge >= 0.3 is 5.69 Å². The summed E-state index contributed by atoms with van der Waals surface area (Å²) >= 11 is 0. The Hall–Kier alpha value is -2.16. The summed E-state index contributed by atoms with van der Waals surface area (Å²) in [7, 11) is 0. The monoisotopic (exact) mass is 270 g/mol. The van der Waals surface area contributed by atoms with Crippen molar-refractivity contribution in [2.45, 2.75) is 26.3 Å². The van der Waals surface area contributed by atoms with Gasteiger partial charge in [-0.1, -0.05) is 6.92 Å². The molecule has 0 spiro atoms. The Morgan fingerprint density at radius 1 is 1.53 bits per heavy atom. The van der Waals surface area contributed by atoms with Crippen molar-refractivity contribution in [2.75, 3.05) is 29.5 Å². The molecule has 1 atom stereocenters. The van der Waals surface area contributed by atoms with Crippen LogP contribution in [0.1, 0.15) is 20.3 Å². The van der Waals surface area contributed by atoms with E-state index in [0.29, 0.717) is 0 Å².